The summed E-state index contributed by atoms with van der Waals surface area (Å²) in [7, 11) is 0. The molecule has 4 amide bonds. The van der Waals surface area contributed by atoms with E-state index in [0.717, 1.165) is 5.75 Å². The summed E-state index contributed by atoms with van der Waals surface area (Å²) < 4.78 is -0.441. The number of β-lactam (4-membered cyclic amide) rings is 2. The van der Waals surface area contributed by atoms with E-state index in [1.54, 1.807) is 65.1 Å². The standard InChI is InChI=1S/C9H13NO3S.2C9H17NO3S.C8H11NO3S/c1-4-6(11)10-5(8(12)13)9(2,3)14-7(4)10;2*1-5(2)7(9(12)13)10-8(11)6(3)4-14;1-4-6(10)9-5(8(11)12)2-3-13-7(4)9/h4-5,7H,1-3H3,(H,12,13);2*5-7,14H,4H2,1-3H3,(H,10,11)(H,12,13);4-5,7H,2-3H2,1H3,(H,11,12)/p-4/t4-,5+,7-;2*6-,7+;4-,5-,7-/m1001/s1. The molecule has 0 aromatic carbocycles. The first-order valence-corrected chi connectivity index (χ1v) is 21.1. The Balaban J connectivity index is 0.000000367. The van der Waals surface area contributed by atoms with E-state index in [-0.39, 0.29) is 69.9 Å². The van der Waals surface area contributed by atoms with Crippen LogP contribution in [0.1, 0.15) is 75.7 Å². The third-order valence-corrected chi connectivity index (χ3v) is 13.7. The number of carbonyl (C=O) groups excluding carboxylic acids is 8. The Morgan fingerprint density at radius 2 is 1.13 bits per heavy atom. The molecule has 4 aliphatic heterocycles. The number of rotatable bonds is 12. The van der Waals surface area contributed by atoms with Gasteiger partial charge in [-0.15, -0.1) is 23.5 Å². The van der Waals surface area contributed by atoms with E-state index in [1.165, 1.54) is 9.80 Å². The predicted octanol–water partition coefficient (Wildman–Crippen LogP) is -2.63. The largest absolute Gasteiger partial charge is 0.548 e. The number of thiol groups is 2. The first kappa shape index (κ1) is 50.2. The molecule has 16 nitrogen and oxygen atoms in total. The molecule has 0 saturated carbocycles. The average Bonchev–Trinajstić information content (AvgIpc) is 3.39. The van der Waals surface area contributed by atoms with Crippen LogP contribution in [0.15, 0.2) is 0 Å². The first-order valence-electron chi connectivity index (χ1n) is 17.9. The van der Waals surface area contributed by atoms with Crippen LogP contribution >= 0.6 is 48.8 Å². The van der Waals surface area contributed by atoms with Gasteiger partial charge in [0.1, 0.15) is 0 Å². The van der Waals surface area contributed by atoms with E-state index >= 15 is 0 Å². The molecular weight excluding hydrogens is 797 g/mol. The van der Waals surface area contributed by atoms with Gasteiger partial charge in [0.15, 0.2) is 0 Å². The zero-order valence-electron chi connectivity index (χ0n) is 32.8. The van der Waals surface area contributed by atoms with Crippen molar-refractivity contribution in [1.82, 2.24) is 20.4 Å². The van der Waals surface area contributed by atoms with Gasteiger partial charge in [-0.05, 0) is 37.9 Å². The van der Waals surface area contributed by atoms with Crippen LogP contribution in [-0.4, -0.2) is 114 Å². The maximum absolute atomic E-state index is 11.5. The van der Waals surface area contributed by atoms with Gasteiger partial charge >= 0.3 is 0 Å². The number of fused-ring (bicyclic) bond motifs is 2. The minimum absolute atomic E-state index is 0.0212. The van der Waals surface area contributed by atoms with Gasteiger partial charge in [-0.3, -0.25) is 19.2 Å². The summed E-state index contributed by atoms with van der Waals surface area (Å²) in [6.45, 7) is 17.6. The molecule has 55 heavy (non-hydrogen) atoms. The van der Waals surface area contributed by atoms with Crippen molar-refractivity contribution in [2.24, 2.45) is 35.5 Å². The van der Waals surface area contributed by atoms with Gasteiger partial charge in [0.05, 0.1) is 70.6 Å². The zero-order chi connectivity index (χ0) is 42.9. The van der Waals surface area contributed by atoms with Gasteiger partial charge < -0.3 is 60.0 Å². The smallest absolute Gasteiger partial charge is 0.229 e. The molecule has 0 unspecified atom stereocenters. The van der Waals surface area contributed by atoms with Crippen molar-refractivity contribution in [1.29, 1.82) is 0 Å². The molecule has 0 bridgehead atoms. The lowest BCUT2D eigenvalue weighted by Gasteiger charge is -2.52. The monoisotopic (exact) mass is 850 g/mol. The lowest BCUT2D eigenvalue weighted by atomic mass is 9.93. The van der Waals surface area contributed by atoms with E-state index in [4.69, 9.17) is 0 Å². The lowest BCUT2D eigenvalue weighted by Crippen LogP contribution is -2.67. The Morgan fingerprint density at radius 1 is 0.727 bits per heavy atom. The van der Waals surface area contributed by atoms with Gasteiger partial charge in [-0.1, -0.05) is 55.4 Å². The number of carboxylic acid groups (broad SMARTS) is 4. The molecule has 4 fully saturated rings. The molecular formula is C35H54N4O12S4-4. The molecule has 4 heterocycles. The van der Waals surface area contributed by atoms with Crippen LogP contribution in [-0.2, 0) is 38.4 Å². The Morgan fingerprint density at radius 3 is 1.47 bits per heavy atom. The highest BCUT2D eigenvalue weighted by Gasteiger charge is 2.60. The summed E-state index contributed by atoms with van der Waals surface area (Å²) in [4.78, 5) is 91.3. The van der Waals surface area contributed by atoms with E-state index < -0.39 is 52.8 Å². The van der Waals surface area contributed by atoms with Crippen LogP contribution in [0, 0.1) is 35.5 Å². The minimum atomic E-state index is -1.25. The summed E-state index contributed by atoms with van der Waals surface area (Å²) in [5, 5.41) is 47.8. The van der Waals surface area contributed by atoms with Gasteiger partial charge in [0, 0.05) is 28.1 Å². The Labute approximate surface area is 342 Å². The number of aliphatic carboxylic acids is 4. The van der Waals surface area contributed by atoms with E-state index in [2.05, 4.69) is 35.9 Å². The van der Waals surface area contributed by atoms with Crippen molar-refractivity contribution in [3.05, 3.63) is 0 Å². The molecule has 4 rings (SSSR count). The van der Waals surface area contributed by atoms with Crippen LogP contribution in [0.2, 0.25) is 0 Å². The van der Waals surface area contributed by atoms with Crippen molar-refractivity contribution >= 4 is 96.3 Å². The van der Waals surface area contributed by atoms with E-state index in [1.807, 2.05) is 27.7 Å². The third-order valence-electron chi connectivity index (χ3n) is 9.44. The van der Waals surface area contributed by atoms with Crippen LogP contribution in [0.25, 0.3) is 0 Å². The van der Waals surface area contributed by atoms with Crippen molar-refractivity contribution in [2.45, 2.75) is 115 Å². The van der Waals surface area contributed by atoms with Crippen LogP contribution in [0.3, 0.4) is 0 Å². The van der Waals surface area contributed by atoms with Crippen molar-refractivity contribution in [3.8, 4) is 0 Å². The van der Waals surface area contributed by atoms with Crippen LogP contribution in [0.5, 0.6) is 0 Å². The second-order valence-corrected chi connectivity index (χ2v) is 18.8. The molecule has 4 aliphatic rings. The fraction of sp³-hybridized carbons (Fsp3) is 0.771. The lowest BCUT2D eigenvalue weighted by molar-refractivity contribution is -0.314. The Bertz CT molecular complexity index is 1380. The molecule has 0 aromatic rings. The molecule has 0 spiro atoms. The highest BCUT2D eigenvalue weighted by Crippen LogP contribution is 2.52. The summed E-state index contributed by atoms with van der Waals surface area (Å²) in [5.74, 6) is -4.93. The predicted molar refractivity (Wildman–Crippen MR) is 206 cm³/mol. The van der Waals surface area contributed by atoms with Crippen LogP contribution < -0.4 is 31.1 Å². The SMILES string of the molecule is CC(C)[C@@H](NC(=O)[C@@H](C)CS)C(=O)[O-].CC(C)[C@@H](NC(=O)[C@@H](C)CS)C(=O)[O-].C[C@@H]1C(=O)N2[C@@H](C(=O)[O-])CCS[C@H]12.C[C@@H]1C(=O)N2[C@@H]1SC(C)(C)[C@@H]2C(=O)[O-]. The number of carboxylic acids is 4. The van der Waals surface area contributed by atoms with Crippen LogP contribution in [0.4, 0.5) is 0 Å². The number of amides is 4. The highest BCUT2D eigenvalue weighted by atomic mass is 32.2. The normalized spacial score (nSPS) is 26.6. The fourth-order valence-corrected chi connectivity index (χ4v) is 9.17. The fourth-order valence-electron chi connectivity index (χ4n) is 5.80. The number of thioether (sulfide) groups is 2. The average molecular weight is 851 g/mol. The topological polar surface area (TPSA) is 259 Å². The molecule has 20 heteroatoms. The maximum Gasteiger partial charge on any atom is 0.229 e. The third kappa shape index (κ3) is 12.8. The summed E-state index contributed by atoms with van der Waals surface area (Å²) in [6, 6.07) is -3.31. The Hall–Kier alpha value is -2.84. The minimum Gasteiger partial charge on any atom is -0.548 e. The second-order valence-electron chi connectivity index (χ2n) is 15.1. The van der Waals surface area contributed by atoms with E-state index in [9.17, 15) is 58.8 Å². The number of nitrogens with zero attached hydrogens (tertiary/aromatic N) is 2. The number of nitrogens with one attached hydrogen (secondary N) is 2. The summed E-state index contributed by atoms with van der Waals surface area (Å²) in [5.41, 5.74) is 0. The molecule has 2 N–H and O–H groups in total. The maximum atomic E-state index is 11.5. The second kappa shape index (κ2) is 21.6. The zero-order valence-corrected chi connectivity index (χ0v) is 36.2. The van der Waals surface area contributed by atoms with Gasteiger partial charge in [0.2, 0.25) is 23.6 Å². The highest BCUT2D eigenvalue weighted by molar-refractivity contribution is 8.01. The first-order chi connectivity index (χ1) is 25.3. The number of carbonyl (C=O) groups is 8. The summed E-state index contributed by atoms with van der Waals surface area (Å²) >= 11 is 11.1. The van der Waals surface area contributed by atoms with Gasteiger partial charge in [0.25, 0.3) is 0 Å². The number of hydrogen-bond acceptors (Lipinski definition) is 16. The van der Waals surface area contributed by atoms with Gasteiger partial charge in [-0.25, -0.2) is 0 Å². The van der Waals surface area contributed by atoms with Gasteiger partial charge in [-0.2, -0.15) is 25.3 Å². The van der Waals surface area contributed by atoms with Crippen molar-refractivity contribution in [2.75, 3.05) is 17.3 Å². The number of hydrogen-bond donors (Lipinski definition) is 4. The Kier molecular flexibility index (Phi) is 19.7. The molecule has 4 saturated heterocycles. The van der Waals surface area contributed by atoms with Crippen molar-refractivity contribution in [3.63, 3.8) is 0 Å². The summed E-state index contributed by atoms with van der Waals surface area (Å²) in [6.07, 6.45) is 0.516. The van der Waals surface area contributed by atoms with E-state index in [0.29, 0.717) is 17.9 Å². The molecule has 314 valence electrons. The molecule has 0 radical (unpaired) electrons. The quantitative estimate of drug-likeness (QED) is 0.116. The molecule has 0 aromatic heterocycles. The molecule has 0 aliphatic carbocycles. The van der Waals surface area contributed by atoms with Crippen molar-refractivity contribution < 1.29 is 58.8 Å². The molecule has 10 atom stereocenters.